The molecule has 8 heteroatoms. The first-order valence-corrected chi connectivity index (χ1v) is 12.3. The smallest absolute Gasteiger partial charge is 0.231 e. The molecule has 4 rings (SSSR count). The maximum Gasteiger partial charge on any atom is 0.231 e. The second kappa shape index (κ2) is 9.70. The van der Waals surface area contributed by atoms with Crippen LogP contribution in [-0.2, 0) is 27.8 Å². The molecule has 2 heterocycles. The molecule has 166 valence electrons. The molecule has 2 aromatic carbocycles. The fourth-order valence-corrected chi connectivity index (χ4v) is 5.61. The lowest BCUT2D eigenvalue weighted by Crippen LogP contribution is -2.46. The molecule has 2 aromatic rings. The van der Waals surface area contributed by atoms with E-state index in [-0.39, 0.29) is 30.9 Å². The minimum Gasteiger partial charge on any atom is -0.454 e. The zero-order valence-electron chi connectivity index (χ0n) is 17.5. The van der Waals surface area contributed by atoms with E-state index in [9.17, 15) is 13.2 Å². The van der Waals surface area contributed by atoms with Crippen molar-refractivity contribution in [3.05, 3.63) is 59.7 Å². The Morgan fingerprint density at radius 3 is 2.71 bits per heavy atom. The minimum atomic E-state index is -3.37. The average Bonchev–Trinajstić information content (AvgIpc) is 3.26. The van der Waals surface area contributed by atoms with Crippen LogP contribution in [-0.4, -0.2) is 44.3 Å². The zero-order valence-corrected chi connectivity index (χ0v) is 18.3. The molecule has 1 amide bonds. The predicted molar refractivity (Wildman–Crippen MR) is 117 cm³/mol. The standard InChI is InChI=1S/C23H28N2O5S/c26-23(24-15-19-10-11-21-22(14-19)30-17-29-21)20-9-4-12-25(16-20)31(27,28)13-5-8-18-6-2-1-3-7-18/h1-3,6-7,10-11,14,20H,4-5,8-9,12-13,15-17H2,(H,24,26)/t20-/m0/s1. The number of hydrogen-bond donors (Lipinski definition) is 1. The Balaban J connectivity index is 1.27. The number of sulfonamides is 1. The molecule has 2 aliphatic rings. The Morgan fingerprint density at radius 1 is 1.06 bits per heavy atom. The van der Waals surface area contributed by atoms with Gasteiger partial charge in [0.25, 0.3) is 0 Å². The summed E-state index contributed by atoms with van der Waals surface area (Å²) in [4.78, 5) is 12.7. The van der Waals surface area contributed by atoms with Gasteiger partial charge in [-0.1, -0.05) is 36.4 Å². The van der Waals surface area contributed by atoms with Gasteiger partial charge in [-0.25, -0.2) is 12.7 Å². The predicted octanol–water partition coefficient (Wildman–Crippen LogP) is 2.71. The normalized spacial score (nSPS) is 18.6. The van der Waals surface area contributed by atoms with E-state index in [2.05, 4.69) is 5.32 Å². The number of ether oxygens (including phenoxy) is 2. The maximum absolute atomic E-state index is 12.8. The summed E-state index contributed by atoms with van der Waals surface area (Å²) < 4.78 is 37.8. The van der Waals surface area contributed by atoms with E-state index >= 15 is 0 Å². The van der Waals surface area contributed by atoms with Crippen molar-refractivity contribution in [3.8, 4) is 11.5 Å². The molecule has 1 saturated heterocycles. The summed E-state index contributed by atoms with van der Waals surface area (Å²) in [5, 5.41) is 2.94. The molecule has 31 heavy (non-hydrogen) atoms. The third-order valence-electron chi connectivity index (χ3n) is 5.76. The molecular formula is C23H28N2O5S. The highest BCUT2D eigenvalue weighted by atomic mass is 32.2. The van der Waals surface area contributed by atoms with Crippen molar-refractivity contribution in [1.29, 1.82) is 0 Å². The lowest BCUT2D eigenvalue weighted by atomic mass is 9.98. The molecule has 0 aliphatic carbocycles. The van der Waals surface area contributed by atoms with Crippen LogP contribution in [0.5, 0.6) is 11.5 Å². The van der Waals surface area contributed by atoms with Gasteiger partial charge in [0.2, 0.25) is 22.7 Å². The number of nitrogens with one attached hydrogen (secondary N) is 1. The van der Waals surface area contributed by atoms with Crippen LogP contribution in [0.4, 0.5) is 0 Å². The molecule has 0 radical (unpaired) electrons. The van der Waals surface area contributed by atoms with Crippen LogP contribution < -0.4 is 14.8 Å². The average molecular weight is 445 g/mol. The quantitative estimate of drug-likeness (QED) is 0.677. The summed E-state index contributed by atoms with van der Waals surface area (Å²) in [6.07, 6.45) is 2.69. The molecule has 7 nitrogen and oxygen atoms in total. The highest BCUT2D eigenvalue weighted by Gasteiger charge is 2.32. The molecule has 0 aromatic heterocycles. The van der Waals surface area contributed by atoms with Crippen LogP contribution in [0.3, 0.4) is 0 Å². The van der Waals surface area contributed by atoms with Crippen molar-refractivity contribution in [2.45, 2.75) is 32.2 Å². The summed E-state index contributed by atoms with van der Waals surface area (Å²) in [6.45, 7) is 1.32. The Bertz CT molecular complexity index is 1010. The van der Waals surface area contributed by atoms with Gasteiger partial charge in [-0.2, -0.15) is 0 Å². The summed E-state index contributed by atoms with van der Waals surface area (Å²) in [7, 11) is -3.37. The highest BCUT2D eigenvalue weighted by Crippen LogP contribution is 2.32. The van der Waals surface area contributed by atoms with Gasteiger partial charge in [0.15, 0.2) is 11.5 Å². The molecule has 0 saturated carbocycles. The largest absolute Gasteiger partial charge is 0.454 e. The van der Waals surface area contributed by atoms with Gasteiger partial charge < -0.3 is 14.8 Å². The van der Waals surface area contributed by atoms with E-state index in [4.69, 9.17) is 9.47 Å². The van der Waals surface area contributed by atoms with E-state index in [1.54, 1.807) is 0 Å². The molecule has 1 N–H and O–H groups in total. The van der Waals surface area contributed by atoms with Gasteiger partial charge in [0, 0.05) is 19.6 Å². The molecule has 0 bridgehead atoms. The fraction of sp³-hybridized carbons (Fsp3) is 0.435. The number of carbonyl (C=O) groups excluding carboxylic acids is 1. The van der Waals surface area contributed by atoms with Crippen molar-refractivity contribution in [2.75, 3.05) is 25.6 Å². The van der Waals surface area contributed by atoms with Gasteiger partial charge in [0.1, 0.15) is 0 Å². The molecular weight excluding hydrogens is 416 g/mol. The van der Waals surface area contributed by atoms with E-state index in [0.29, 0.717) is 43.9 Å². The van der Waals surface area contributed by atoms with E-state index in [1.807, 2.05) is 48.5 Å². The maximum atomic E-state index is 12.8. The van der Waals surface area contributed by atoms with Crippen molar-refractivity contribution in [2.24, 2.45) is 5.92 Å². The third-order valence-corrected chi connectivity index (χ3v) is 7.69. The number of hydrogen-bond acceptors (Lipinski definition) is 5. The van der Waals surface area contributed by atoms with Crippen LogP contribution in [0.25, 0.3) is 0 Å². The molecule has 0 unspecified atom stereocenters. The first kappa shape index (κ1) is 21.6. The number of benzene rings is 2. The first-order valence-electron chi connectivity index (χ1n) is 10.7. The highest BCUT2D eigenvalue weighted by molar-refractivity contribution is 7.89. The van der Waals surface area contributed by atoms with E-state index in [0.717, 1.165) is 17.5 Å². The molecule has 0 spiro atoms. The Kier molecular flexibility index (Phi) is 6.77. The molecule has 1 atom stereocenters. The van der Waals surface area contributed by atoms with Gasteiger partial charge in [0.05, 0.1) is 11.7 Å². The van der Waals surface area contributed by atoms with Crippen molar-refractivity contribution < 1.29 is 22.7 Å². The summed E-state index contributed by atoms with van der Waals surface area (Å²) in [5.74, 6) is 1.05. The lowest BCUT2D eigenvalue weighted by Gasteiger charge is -2.31. The van der Waals surface area contributed by atoms with Crippen molar-refractivity contribution >= 4 is 15.9 Å². The molecule has 2 aliphatic heterocycles. The molecule has 1 fully saturated rings. The van der Waals surface area contributed by atoms with Crippen LogP contribution in [0.1, 0.15) is 30.4 Å². The van der Waals surface area contributed by atoms with Crippen LogP contribution >= 0.6 is 0 Å². The number of rotatable bonds is 8. The second-order valence-corrected chi connectivity index (χ2v) is 10.1. The third kappa shape index (κ3) is 5.57. The summed E-state index contributed by atoms with van der Waals surface area (Å²) in [5.41, 5.74) is 2.05. The van der Waals surface area contributed by atoms with Crippen LogP contribution in [0, 0.1) is 5.92 Å². The summed E-state index contributed by atoms with van der Waals surface area (Å²) >= 11 is 0. The Labute approximate surface area is 183 Å². The Morgan fingerprint density at radius 2 is 1.87 bits per heavy atom. The summed E-state index contributed by atoms with van der Waals surface area (Å²) in [6, 6.07) is 15.5. The van der Waals surface area contributed by atoms with Crippen molar-refractivity contribution in [1.82, 2.24) is 9.62 Å². The fourth-order valence-electron chi connectivity index (χ4n) is 4.03. The Hall–Kier alpha value is -2.58. The second-order valence-electron chi connectivity index (χ2n) is 8.01. The number of piperidine rings is 1. The monoisotopic (exact) mass is 444 g/mol. The zero-order chi connectivity index (χ0) is 21.7. The minimum absolute atomic E-state index is 0.105. The lowest BCUT2D eigenvalue weighted by molar-refractivity contribution is -0.126. The van der Waals surface area contributed by atoms with Gasteiger partial charge >= 0.3 is 0 Å². The first-order chi connectivity index (χ1) is 15.0. The number of aryl methyl sites for hydroxylation is 1. The SMILES string of the molecule is O=C(NCc1ccc2c(c1)OCO2)[C@H]1CCCN(S(=O)(=O)CCCc2ccccc2)C1. The van der Waals surface area contributed by atoms with Crippen molar-refractivity contribution in [3.63, 3.8) is 0 Å². The number of amides is 1. The van der Waals surface area contributed by atoms with E-state index < -0.39 is 10.0 Å². The van der Waals surface area contributed by atoms with Gasteiger partial charge in [-0.3, -0.25) is 4.79 Å². The van der Waals surface area contributed by atoms with Crippen LogP contribution in [0.15, 0.2) is 48.5 Å². The number of fused-ring (bicyclic) bond motifs is 1. The van der Waals surface area contributed by atoms with E-state index in [1.165, 1.54) is 4.31 Å². The number of nitrogens with zero attached hydrogens (tertiary/aromatic N) is 1. The number of carbonyl (C=O) groups is 1. The topological polar surface area (TPSA) is 84.9 Å². The van der Waals surface area contributed by atoms with Gasteiger partial charge in [-0.15, -0.1) is 0 Å². The van der Waals surface area contributed by atoms with Crippen LogP contribution in [0.2, 0.25) is 0 Å². The van der Waals surface area contributed by atoms with Gasteiger partial charge in [-0.05, 0) is 48.9 Å².